The van der Waals surface area contributed by atoms with E-state index in [9.17, 15) is 13.2 Å². The SMILES string of the molecule is COc1ccc(S(=O)(=O)N2CCc3cc(C=CC(=O)O)ccc32)cc1OC. The number of ether oxygens (including phenoxy) is 2. The molecule has 2 aromatic rings. The van der Waals surface area contributed by atoms with Crippen molar-refractivity contribution in [3.63, 3.8) is 0 Å². The number of aliphatic carboxylic acids is 1. The zero-order valence-electron chi connectivity index (χ0n) is 14.9. The minimum Gasteiger partial charge on any atom is -0.493 e. The standard InChI is InChI=1S/C19H19NO6S/c1-25-17-7-5-15(12-18(17)26-2)27(23,24)20-10-9-14-11-13(3-6-16(14)20)4-8-19(21)22/h3-8,11-12H,9-10H2,1-2H3,(H,21,22). The lowest BCUT2D eigenvalue weighted by Crippen LogP contribution is -2.29. The predicted octanol–water partition coefficient (Wildman–Crippen LogP) is 2.55. The van der Waals surface area contributed by atoms with Crippen LogP contribution < -0.4 is 13.8 Å². The van der Waals surface area contributed by atoms with Crippen molar-refractivity contribution in [1.82, 2.24) is 0 Å². The fraction of sp³-hybridized carbons (Fsp3) is 0.211. The Hall–Kier alpha value is -3.00. The maximum Gasteiger partial charge on any atom is 0.328 e. The first kappa shape index (κ1) is 18.8. The molecule has 0 amide bonds. The third-order valence-corrected chi connectivity index (χ3v) is 6.13. The van der Waals surface area contributed by atoms with Gasteiger partial charge in [0.05, 0.1) is 24.8 Å². The van der Waals surface area contributed by atoms with Gasteiger partial charge in [0.2, 0.25) is 0 Å². The van der Waals surface area contributed by atoms with E-state index in [2.05, 4.69) is 0 Å². The van der Waals surface area contributed by atoms with Crippen LogP contribution in [0.1, 0.15) is 11.1 Å². The summed E-state index contributed by atoms with van der Waals surface area (Å²) >= 11 is 0. The molecule has 1 aliphatic heterocycles. The second-order valence-corrected chi connectivity index (χ2v) is 7.77. The van der Waals surface area contributed by atoms with Crippen LogP contribution >= 0.6 is 0 Å². The van der Waals surface area contributed by atoms with Crippen molar-refractivity contribution in [3.05, 3.63) is 53.6 Å². The fourth-order valence-electron chi connectivity index (χ4n) is 3.02. The third-order valence-electron chi connectivity index (χ3n) is 4.32. The van der Waals surface area contributed by atoms with Crippen LogP contribution in [0.2, 0.25) is 0 Å². The van der Waals surface area contributed by atoms with Gasteiger partial charge >= 0.3 is 5.97 Å². The van der Waals surface area contributed by atoms with Gasteiger partial charge in [-0.25, -0.2) is 13.2 Å². The summed E-state index contributed by atoms with van der Waals surface area (Å²) in [6.07, 6.45) is 3.08. The molecule has 0 spiro atoms. The molecule has 0 unspecified atom stereocenters. The molecule has 3 rings (SSSR count). The average Bonchev–Trinajstić information content (AvgIpc) is 3.09. The Kier molecular flexibility index (Phi) is 5.09. The molecule has 0 bridgehead atoms. The lowest BCUT2D eigenvalue weighted by Gasteiger charge is -2.20. The van der Waals surface area contributed by atoms with Gasteiger partial charge in [0.1, 0.15) is 0 Å². The van der Waals surface area contributed by atoms with Gasteiger partial charge in [0.15, 0.2) is 11.5 Å². The number of hydrogen-bond donors (Lipinski definition) is 1. The zero-order valence-corrected chi connectivity index (χ0v) is 15.7. The maximum atomic E-state index is 13.1. The van der Waals surface area contributed by atoms with Gasteiger partial charge in [-0.15, -0.1) is 0 Å². The van der Waals surface area contributed by atoms with E-state index in [1.54, 1.807) is 24.3 Å². The molecule has 8 heteroatoms. The molecule has 142 valence electrons. The molecule has 1 aliphatic rings. The fourth-order valence-corrected chi connectivity index (χ4v) is 4.54. The van der Waals surface area contributed by atoms with Crippen molar-refractivity contribution in [1.29, 1.82) is 0 Å². The Morgan fingerprint density at radius 3 is 2.52 bits per heavy atom. The highest BCUT2D eigenvalue weighted by molar-refractivity contribution is 7.92. The van der Waals surface area contributed by atoms with E-state index in [4.69, 9.17) is 14.6 Å². The first-order valence-electron chi connectivity index (χ1n) is 8.15. The quantitative estimate of drug-likeness (QED) is 0.763. The summed E-state index contributed by atoms with van der Waals surface area (Å²) < 4.78 is 37.9. The van der Waals surface area contributed by atoms with E-state index < -0.39 is 16.0 Å². The Morgan fingerprint density at radius 1 is 1.11 bits per heavy atom. The van der Waals surface area contributed by atoms with Crippen LogP contribution in [0, 0.1) is 0 Å². The van der Waals surface area contributed by atoms with Crippen LogP contribution in [0.4, 0.5) is 5.69 Å². The van der Waals surface area contributed by atoms with Crippen LogP contribution in [-0.4, -0.2) is 40.3 Å². The van der Waals surface area contributed by atoms with Gasteiger partial charge in [-0.2, -0.15) is 0 Å². The van der Waals surface area contributed by atoms with Crippen LogP contribution in [0.5, 0.6) is 11.5 Å². The molecule has 27 heavy (non-hydrogen) atoms. The monoisotopic (exact) mass is 389 g/mol. The maximum absolute atomic E-state index is 13.1. The summed E-state index contributed by atoms with van der Waals surface area (Å²) in [7, 11) is -0.827. The Bertz CT molecular complexity index is 1010. The predicted molar refractivity (Wildman–Crippen MR) is 101 cm³/mol. The van der Waals surface area contributed by atoms with Crippen LogP contribution in [0.3, 0.4) is 0 Å². The number of fused-ring (bicyclic) bond motifs is 1. The molecule has 0 fully saturated rings. The van der Waals surface area contributed by atoms with Gasteiger partial charge in [-0.05, 0) is 47.9 Å². The summed E-state index contributed by atoms with van der Waals surface area (Å²) in [5.41, 5.74) is 2.16. The Morgan fingerprint density at radius 2 is 1.85 bits per heavy atom. The van der Waals surface area contributed by atoms with Gasteiger partial charge in [-0.1, -0.05) is 6.07 Å². The number of sulfonamides is 1. The highest BCUT2D eigenvalue weighted by Crippen LogP contribution is 2.36. The molecule has 0 aliphatic carbocycles. The summed E-state index contributed by atoms with van der Waals surface area (Å²) in [5.74, 6) is -0.242. The Labute approximate surface area is 157 Å². The van der Waals surface area contributed by atoms with Crippen molar-refractivity contribution in [2.75, 3.05) is 25.1 Å². The number of methoxy groups -OCH3 is 2. The normalized spacial score (nSPS) is 13.6. The number of carbonyl (C=O) groups is 1. The number of carboxylic acids is 1. The average molecular weight is 389 g/mol. The molecule has 7 nitrogen and oxygen atoms in total. The van der Waals surface area contributed by atoms with Crippen molar-refractivity contribution in [3.8, 4) is 11.5 Å². The number of anilines is 1. The highest BCUT2D eigenvalue weighted by Gasteiger charge is 2.31. The first-order valence-corrected chi connectivity index (χ1v) is 9.59. The van der Waals surface area contributed by atoms with E-state index in [-0.39, 0.29) is 4.90 Å². The van der Waals surface area contributed by atoms with E-state index >= 15 is 0 Å². The second-order valence-electron chi connectivity index (χ2n) is 5.90. The topological polar surface area (TPSA) is 93.1 Å². The highest BCUT2D eigenvalue weighted by atomic mass is 32.2. The largest absolute Gasteiger partial charge is 0.493 e. The number of hydrogen-bond acceptors (Lipinski definition) is 5. The van der Waals surface area contributed by atoms with Crippen LogP contribution in [0.25, 0.3) is 6.08 Å². The van der Waals surface area contributed by atoms with E-state index in [0.29, 0.717) is 35.7 Å². The van der Waals surface area contributed by atoms with E-state index in [1.165, 1.54) is 36.7 Å². The van der Waals surface area contributed by atoms with Crippen LogP contribution in [-0.2, 0) is 21.2 Å². The second kappa shape index (κ2) is 7.32. The summed E-state index contributed by atoms with van der Waals surface area (Å²) in [5, 5.41) is 8.73. The summed E-state index contributed by atoms with van der Waals surface area (Å²) in [6, 6.07) is 9.68. The summed E-state index contributed by atoms with van der Waals surface area (Å²) in [6.45, 7) is 0.318. The number of rotatable bonds is 6. The number of benzene rings is 2. The zero-order chi connectivity index (χ0) is 19.6. The molecule has 0 saturated heterocycles. The van der Waals surface area contributed by atoms with Crippen molar-refractivity contribution < 1.29 is 27.8 Å². The van der Waals surface area contributed by atoms with Gasteiger partial charge in [0, 0.05) is 18.7 Å². The molecule has 0 saturated carbocycles. The molecule has 2 aromatic carbocycles. The molecule has 0 aromatic heterocycles. The van der Waals surface area contributed by atoms with Crippen molar-refractivity contribution >= 4 is 27.8 Å². The van der Waals surface area contributed by atoms with Gasteiger partial charge < -0.3 is 14.6 Å². The van der Waals surface area contributed by atoms with Crippen molar-refractivity contribution in [2.24, 2.45) is 0 Å². The lowest BCUT2D eigenvalue weighted by molar-refractivity contribution is -0.131. The third kappa shape index (κ3) is 3.61. The van der Waals surface area contributed by atoms with Crippen molar-refractivity contribution in [2.45, 2.75) is 11.3 Å². The summed E-state index contributed by atoms with van der Waals surface area (Å²) in [4.78, 5) is 10.8. The van der Waals surface area contributed by atoms with E-state index in [1.807, 2.05) is 0 Å². The van der Waals surface area contributed by atoms with Gasteiger partial charge in [0.25, 0.3) is 10.0 Å². The minimum absolute atomic E-state index is 0.114. The molecule has 0 atom stereocenters. The smallest absolute Gasteiger partial charge is 0.328 e. The number of carboxylic acid groups (broad SMARTS) is 1. The lowest BCUT2D eigenvalue weighted by atomic mass is 10.1. The van der Waals surface area contributed by atoms with E-state index in [0.717, 1.165) is 11.6 Å². The number of nitrogens with zero attached hydrogens (tertiary/aromatic N) is 1. The molecular formula is C19H19NO6S. The molecule has 1 heterocycles. The first-order chi connectivity index (χ1) is 12.9. The van der Waals surface area contributed by atoms with Gasteiger partial charge in [-0.3, -0.25) is 4.31 Å². The Balaban J connectivity index is 1.96. The molecular weight excluding hydrogens is 370 g/mol. The molecule has 0 radical (unpaired) electrons. The molecule has 1 N–H and O–H groups in total. The minimum atomic E-state index is -3.76. The van der Waals surface area contributed by atoms with Crippen LogP contribution in [0.15, 0.2) is 47.4 Å².